The molecule has 2 aliphatic rings. The minimum atomic E-state index is 0.811. The Morgan fingerprint density at radius 3 is 2.87 bits per heavy atom. The number of allylic oxidation sites excluding steroid dienone is 2. The van der Waals surface area contributed by atoms with Gasteiger partial charge in [-0.1, -0.05) is 12.2 Å². The van der Waals surface area contributed by atoms with Crippen molar-refractivity contribution in [1.82, 2.24) is 9.78 Å². The zero-order valence-electron chi connectivity index (χ0n) is 8.86. The molecular formula is C12H15BrN2. The molecule has 3 atom stereocenters. The first-order valence-electron chi connectivity index (χ1n) is 5.60. The van der Waals surface area contributed by atoms with E-state index < -0.39 is 0 Å². The number of halogens is 1. The molecule has 3 rings (SSSR count). The Hall–Kier alpha value is -0.570. The van der Waals surface area contributed by atoms with Gasteiger partial charge in [0.05, 0.1) is 10.7 Å². The zero-order chi connectivity index (χ0) is 10.4. The van der Waals surface area contributed by atoms with E-state index in [1.54, 1.807) is 0 Å². The lowest BCUT2D eigenvalue weighted by atomic mass is 9.94. The molecule has 0 aromatic carbocycles. The van der Waals surface area contributed by atoms with Gasteiger partial charge >= 0.3 is 0 Å². The Morgan fingerprint density at radius 1 is 1.47 bits per heavy atom. The largest absolute Gasteiger partial charge is 0.268 e. The van der Waals surface area contributed by atoms with Gasteiger partial charge in [-0.05, 0) is 53.4 Å². The van der Waals surface area contributed by atoms with Gasteiger partial charge in [-0.25, -0.2) is 0 Å². The predicted octanol–water partition coefficient (Wildman–Crippen LogP) is 3.17. The van der Waals surface area contributed by atoms with Crippen molar-refractivity contribution >= 4 is 15.9 Å². The lowest BCUT2D eigenvalue weighted by Gasteiger charge is -2.18. The molecule has 1 aromatic heterocycles. The average molecular weight is 267 g/mol. The third-order valence-corrected chi connectivity index (χ3v) is 4.65. The summed E-state index contributed by atoms with van der Waals surface area (Å²) in [5.41, 5.74) is 1.25. The van der Waals surface area contributed by atoms with Gasteiger partial charge in [-0.3, -0.25) is 4.68 Å². The molecule has 1 heterocycles. The Kier molecular flexibility index (Phi) is 2.23. The summed E-state index contributed by atoms with van der Waals surface area (Å²) < 4.78 is 3.27. The molecule has 0 saturated heterocycles. The lowest BCUT2D eigenvalue weighted by molar-refractivity contribution is 0.361. The van der Waals surface area contributed by atoms with Crippen LogP contribution in [0.15, 0.2) is 22.8 Å². The van der Waals surface area contributed by atoms with Crippen LogP contribution in [-0.2, 0) is 6.54 Å². The first kappa shape index (κ1) is 9.64. The van der Waals surface area contributed by atoms with Crippen LogP contribution in [0.2, 0.25) is 0 Å². The fraction of sp³-hybridized carbons (Fsp3) is 0.583. The zero-order valence-corrected chi connectivity index (χ0v) is 10.4. The first-order chi connectivity index (χ1) is 7.24. The van der Waals surface area contributed by atoms with Gasteiger partial charge in [0.15, 0.2) is 0 Å². The van der Waals surface area contributed by atoms with Crippen LogP contribution >= 0.6 is 15.9 Å². The van der Waals surface area contributed by atoms with E-state index in [1.165, 1.54) is 18.5 Å². The molecule has 2 bridgehead atoms. The van der Waals surface area contributed by atoms with Crippen molar-refractivity contribution in [3.63, 3.8) is 0 Å². The molecule has 0 radical (unpaired) electrons. The van der Waals surface area contributed by atoms with Crippen molar-refractivity contribution in [2.24, 2.45) is 17.8 Å². The maximum Gasteiger partial charge on any atom is 0.0635 e. The highest BCUT2D eigenvalue weighted by Gasteiger charge is 2.35. The monoisotopic (exact) mass is 266 g/mol. The minimum Gasteiger partial charge on any atom is -0.268 e. The fourth-order valence-corrected chi connectivity index (χ4v) is 3.23. The van der Waals surface area contributed by atoms with Crippen molar-refractivity contribution in [2.45, 2.75) is 26.3 Å². The number of nitrogens with zero attached hydrogens (tertiary/aromatic N) is 2. The van der Waals surface area contributed by atoms with Crippen LogP contribution in [0.4, 0.5) is 0 Å². The summed E-state index contributed by atoms with van der Waals surface area (Å²) in [6.45, 7) is 3.21. The van der Waals surface area contributed by atoms with E-state index in [2.05, 4.69) is 44.8 Å². The van der Waals surface area contributed by atoms with E-state index in [4.69, 9.17) is 0 Å². The van der Waals surface area contributed by atoms with E-state index in [0.29, 0.717) is 0 Å². The number of hydrogen-bond donors (Lipinski definition) is 0. The van der Waals surface area contributed by atoms with E-state index in [0.717, 1.165) is 28.8 Å². The third-order valence-electron chi connectivity index (χ3n) is 3.87. The summed E-state index contributed by atoms with van der Waals surface area (Å²) >= 11 is 3.51. The highest BCUT2D eigenvalue weighted by molar-refractivity contribution is 9.10. The number of fused-ring (bicyclic) bond motifs is 2. The van der Waals surface area contributed by atoms with Crippen LogP contribution < -0.4 is 0 Å². The maximum absolute atomic E-state index is 4.41. The molecule has 0 N–H and O–H groups in total. The Bertz CT molecular complexity index is 408. The van der Waals surface area contributed by atoms with Crippen LogP contribution in [0, 0.1) is 24.7 Å². The summed E-state index contributed by atoms with van der Waals surface area (Å²) in [6, 6.07) is 0. The SMILES string of the molecule is Cc1c(Br)cnn1C[C@@H]1C[C@@H]2C=CC1C2. The summed E-state index contributed by atoms with van der Waals surface area (Å²) in [5.74, 6) is 2.49. The third kappa shape index (κ3) is 1.57. The van der Waals surface area contributed by atoms with E-state index in [1.807, 2.05) is 6.20 Å². The van der Waals surface area contributed by atoms with Crippen molar-refractivity contribution < 1.29 is 0 Å². The molecule has 1 saturated carbocycles. The number of hydrogen-bond acceptors (Lipinski definition) is 1. The Labute approximate surface area is 98.5 Å². The molecule has 0 amide bonds. The molecule has 0 spiro atoms. The molecular weight excluding hydrogens is 252 g/mol. The van der Waals surface area contributed by atoms with Crippen molar-refractivity contribution in [2.75, 3.05) is 0 Å². The van der Waals surface area contributed by atoms with E-state index >= 15 is 0 Å². The second-order valence-corrected chi connectivity index (χ2v) is 5.65. The molecule has 1 unspecified atom stereocenters. The summed E-state index contributed by atoms with van der Waals surface area (Å²) in [7, 11) is 0. The quantitative estimate of drug-likeness (QED) is 0.752. The summed E-state index contributed by atoms with van der Waals surface area (Å²) in [6.07, 6.45) is 9.45. The van der Waals surface area contributed by atoms with E-state index in [9.17, 15) is 0 Å². The Morgan fingerprint density at radius 2 is 2.33 bits per heavy atom. The van der Waals surface area contributed by atoms with Crippen molar-refractivity contribution in [3.05, 3.63) is 28.5 Å². The molecule has 3 heteroatoms. The lowest BCUT2D eigenvalue weighted by Crippen LogP contribution is -2.16. The summed E-state index contributed by atoms with van der Waals surface area (Å²) in [5, 5.41) is 4.41. The molecule has 1 aromatic rings. The molecule has 2 aliphatic carbocycles. The van der Waals surface area contributed by atoms with Crippen molar-refractivity contribution in [3.8, 4) is 0 Å². The van der Waals surface area contributed by atoms with Gasteiger partial charge in [0.2, 0.25) is 0 Å². The average Bonchev–Trinajstić information content (AvgIpc) is 2.89. The predicted molar refractivity (Wildman–Crippen MR) is 63.5 cm³/mol. The van der Waals surface area contributed by atoms with Gasteiger partial charge in [0.1, 0.15) is 0 Å². The van der Waals surface area contributed by atoms with Gasteiger partial charge in [-0.15, -0.1) is 0 Å². The van der Waals surface area contributed by atoms with Gasteiger partial charge < -0.3 is 0 Å². The highest BCUT2D eigenvalue weighted by atomic mass is 79.9. The number of aromatic nitrogens is 2. The van der Waals surface area contributed by atoms with Crippen LogP contribution in [0.3, 0.4) is 0 Å². The van der Waals surface area contributed by atoms with Crippen LogP contribution in [-0.4, -0.2) is 9.78 Å². The molecule has 0 aliphatic heterocycles. The molecule has 1 fully saturated rings. The first-order valence-corrected chi connectivity index (χ1v) is 6.39. The maximum atomic E-state index is 4.41. The smallest absolute Gasteiger partial charge is 0.0635 e. The van der Waals surface area contributed by atoms with Gasteiger partial charge in [0.25, 0.3) is 0 Å². The topological polar surface area (TPSA) is 17.8 Å². The number of rotatable bonds is 2. The standard InChI is InChI=1S/C12H15BrN2/c1-8-12(13)6-14-15(8)7-11-5-9-2-3-10(11)4-9/h2-3,6,9-11H,4-5,7H2,1H3/t9-,10?,11+/m1/s1. The van der Waals surface area contributed by atoms with Gasteiger partial charge in [-0.2, -0.15) is 5.10 Å². The summed E-state index contributed by atoms with van der Waals surface area (Å²) in [4.78, 5) is 0. The Balaban J connectivity index is 1.76. The van der Waals surface area contributed by atoms with Crippen LogP contribution in [0.5, 0.6) is 0 Å². The molecule has 15 heavy (non-hydrogen) atoms. The fourth-order valence-electron chi connectivity index (χ4n) is 2.93. The van der Waals surface area contributed by atoms with Crippen LogP contribution in [0.25, 0.3) is 0 Å². The minimum absolute atomic E-state index is 0.811. The van der Waals surface area contributed by atoms with Crippen molar-refractivity contribution in [1.29, 1.82) is 0 Å². The van der Waals surface area contributed by atoms with Gasteiger partial charge in [0, 0.05) is 12.2 Å². The molecule has 80 valence electrons. The normalized spacial score (nSPS) is 32.8. The highest BCUT2D eigenvalue weighted by Crippen LogP contribution is 2.44. The molecule has 2 nitrogen and oxygen atoms in total. The van der Waals surface area contributed by atoms with Crippen LogP contribution in [0.1, 0.15) is 18.5 Å². The second-order valence-electron chi connectivity index (χ2n) is 4.80. The second kappa shape index (κ2) is 3.48. The van der Waals surface area contributed by atoms with E-state index in [-0.39, 0.29) is 0 Å².